The Morgan fingerprint density at radius 1 is 1.57 bits per heavy atom. The van der Waals surface area contributed by atoms with E-state index in [9.17, 15) is 15.4 Å². The monoisotopic (exact) mass is 289 g/mol. The number of hydrogen-bond acceptors (Lipinski definition) is 5. The Kier molecular flexibility index (Phi) is 4.43. The number of likely N-dealkylation sites (N-methyl/N-ethyl adjacent to an activating group) is 1. The summed E-state index contributed by atoms with van der Waals surface area (Å²) in [5, 5.41) is 23.7. The van der Waals surface area contributed by atoms with Gasteiger partial charge in [-0.15, -0.1) is 0 Å². The van der Waals surface area contributed by atoms with Crippen LogP contribution >= 0.6 is 0 Å². The minimum absolute atomic E-state index is 0.0697. The van der Waals surface area contributed by atoms with E-state index in [-0.39, 0.29) is 24.0 Å². The van der Waals surface area contributed by atoms with Crippen molar-refractivity contribution in [2.75, 3.05) is 13.2 Å². The molecule has 0 radical (unpaired) electrons. The molecular formula is C15H19N3O3. The number of nitro benzene ring substituents is 1. The molecule has 0 aliphatic heterocycles. The molecule has 2 rings (SSSR count). The quantitative estimate of drug-likeness (QED) is 0.615. The summed E-state index contributed by atoms with van der Waals surface area (Å²) in [5.74, 6) is 0.476. The van der Waals surface area contributed by atoms with Crippen LogP contribution in [0.15, 0.2) is 18.2 Å². The fraction of sp³-hybridized carbons (Fsp3) is 0.533. The van der Waals surface area contributed by atoms with Gasteiger partial charge in [0.2, 0.25) is 0 Å². The standard InChI is InChI=1S/C15H19N3O3/c1-3-17-15(9-16,12-5-6-12)10-21-14-8-11(2)4-7-13(14)18(19)20/h4,7-8,12,17H,3,5-6,10H2,1-2H3. The molecule has 1 aromatic carbocycles. The van der Waals surface area contributed by atoms with Gasteiger partial charge in [0, 0.05) is 6.07 Å². The molecule has 1 saturated carbocycles. The Morgan fingerprint density at radius 2 is 2.29 bits per heavy atom. The van der Waals surface area contributed by atoms with E-state index in [0.717, 1.165) is 18.4 Å². The average Bonchev–Trinajstić information content (AvgIpc) is 3.28. The van der Waals surface area contributed by atoms with Crippen molar-refractivity contribution >= 4 is 5.69 Å². The predicted molar refractivity (Wildman–Crippen MR) is 78.1 cm³/mol. The molecule has 21 heavy (non-hydrogen) atoms. The molecule has 0 amide bonds. The lowest BCUT2D eigenvalue weighted by Gasteiger charge is -2.27. The molecule has 0 spiro atoms. The molecule has 6 nitrogen and oxygen atoms in total. The fourth-order valence-electron chi connectivity index (χ4n) is 2.45. The second kappa shape index (κ2) is 6.10. The zero-order valence-corrected chi connectivity index (χ0v) is 12.3. The highest BCUT2D eigenvalue weighted by Crippen LogP contribution is 2.40. The Balaban J connectivity index is 2.20. The zero-order chi connectivity index (χ0) is 15.5. The van der Waals surface area contributed by atoms with Crippen molar-refractivity contribution in [2.24, 2.45) is 5.92 Å². The topological polar surface area (TPSA) is 88.2 Å². The third kappa shape index (κ3) is 3.31. The maximum Gasteiger partial charge on any atom is 0.310 e. The van der Waals surface area contributed by atoms with Crippen LogP contribution in [0.2, 0.25) is 0 Å². The van der Waals surface area contributed by atoms with Crippen molar-refractivity contribution in [3.05, 3.63) is 33.9 Å². The number of nitro groups is 1. The van der Waals surface area contributed by atoms with Crippen molar-refractivity contribution < 1.29 is 9.66 Å². The van der Waals surface area contributed by atoms with Crippen molar-refractivity contribution in [1.82, 2.24) is 5.32 Å². The van der Waals surface area contributed by atoms with Crippen LogP contribution in [-0.2, 0) is 0 Å². The molecule has 0 saturated heterocycles. The van der Waals surface area contributed by atoms with Gasteiger partial charge >= 0.3 is 5.69 Å². The number of ether oxygens (including phenoxy) is 1. The van der Waals surface area contributed by atoms with Gasteiger partial charge in [-0.25, -0.2) is 0 Å². The molecular weight excluding hydrogens is 270 g/mol. The Bertz CT molecular complexity index is 578. The van der Waals surface area contributed by atoms with Crippen molar-refractivity contribution in [3.8, 4) is 11.8 Å². The molecule has 0 aromatic heterocycles. The first kappa shape index (κ1) is 15.3. The van der Waals surface area contributed by atoms with E-state index in [1.807, 2.05) is 13.8 Å². The molecule has 1 unspecified atom stereocenters. The van der Waals surface area contributed by atoms with Gasteiger partial charge in [-0.3, -0.25) is 15.4 Å². The van der Waals surface area contributed by atoms with E-state index in [4.69, 9.17) is 4.74 Å². The summed E-state index contributed by atoms with van der Waals surface area (Å²) >= 11 is 0. The number of nitriles is 1. The SMILES string of the molecule is CCNC(C#N)(COc1cc(C)ccc1[N+](=O)[O-])C1CC1. The van der Waals surface area contributed by atoms with E-state index in [0.29, 0.717) is 6.54 Å². The molecule has 112 valence electrons. The Hall–Kier alpha value is -2.13. The van der Waals surface area contributed by atoms with Gasteiger partial charge in [0.1, 0.15) is 12.1 Å². The number of benzene rings is 1. The van der Waals surface area contributed by atoms with E-state index < -0.39 is 10.5 Å². The van der Waals surface area contributed by atoms with Gasteiger partial charge < -0.3 is 4.74 Å². The molecule has 1 fully saturated rings. The summed E-state index contributed by atoms with van der Waals surface area (Å²) in [4.78, 5) is 10.6. The van der Waals surface area contributed by atoms with E-state index in [2.05, 4.69) is 11.4 Å². The molecule has 1 aromatic rings. The second-order valence-corrected chi connectivity index (χ2v) is 5.40. The van der Waals surface area contributed by atoms with E-state index in [1.54, 1.807) is 12.1 Å². The Labute approximate surface area is 123 Å². The lowest BCUT2D eigenvalue weighted by atomic mass is 9.96. The highest BCUT2D eigenvalue weighted by atomic mass is 16.6. The first-order valence-electron chi connectivity index (χ1n) is 7.06. The summed E-state index contributed by atoms with van der Waals surface area (Å²) in [6.07, 6.45) is 1.97. The molecule has 1 aliphatic carbocycles. The number of nitrogens with one attached hydrogen (secondary N) is 1. The predicted octanol–water partition coefficient (Wildman–Crippen LogP) is 2.56. The van der Waals surface area contributed by atoms with E-state index in [1.165, 1.54) is 6.07 Å². The lowest BCUT2D eigenvalue weighted by Crippen LogP contribution is -2.50. The smallest absolute Gasteiger partial charge is 0.310 e. The number of nitrogens with zero attached hydrogens (tertiary/aromatic N) is 2. The zero-order valence-electron chi connectivity index (χ0n) is 12.3. The molecule has 0 heterocycles. The Morgan fingerprint density at radius 3 is 2.81 bits per heavy atom. The van der Waals surface area contributed by atoms with Crippen molar-refractivity contribution in [3.63, 3.8) is 0 Å². The van der Waals surface area contributed by atoms with Gasteiger partial charge in [-0.2, -0.15) is 5.26 Å². The number of aryl methyl sites for hydroxylation is 1. The number of rotatable bonds is 7. The number of hydrogen-bond donors (Lipinski definition) is 1. The summed E-state index contributed by atoms with van der Waals surface area (Å²) in [5.41, 5.74) is 0.0552. The summed E-state index contributed by atoms with van der Waals surface area (Å²) in [6.45, 7) is 4.55. The summed E-state index contributed by atoms with van der Waals surface area (Å²) in [7, 11) is 0. The largest absolute Gasteiger partial charge is 0.484 e. The third-order valence-corrected chi connectivity index (χ3v) is 3.73. The van der Waals surface area contributed by atoms with Crippen LogP contribution in [0.3, 0.4) is 0 Å². The van der Waals surface area contributed by atoms with Crippen LogP contribution in [0, 0.1) is 34.3 Å². The third-order valence-electron chi connectivity index (χ3n) is 3.73. The van der Waals surface area contributed by atoms with E-state index >= 15 is 0 Å². The van der Waals surface area contributed by atoms with Crippen molar-refractivity contribution in [2.45, 2.75) is 32.2 Å². The first-order valence-corrected chi connectivity index (χ1v) is 7.06. The van der Waals surface area contributed by atoms with Gasteiger partial charge in [0.15, 0.2) is 5.75 Å². The maximum atomic E-state index is 11.0. The molecule has 1 atom stereocenters. The van der Waals surface area contributed by atoms with Gasteiger partial charge in [0.25, 0.3) is 0 Å². The second-order valence-electron chi connectivity index (χ2n) is 5.40. The fourth-order valence-corrected chi connectivity index (χ4v) is 2.45. The van der Waals surface area contributed by atoms with Gasteiger partial charge in [0.05, 0.1) is 11.0 Å². The minimum atomic E-state index is -0.758. The van der Waals surface area contributed by atoms with Gasteiger partial charge in [-0.05, 0) is 43.9 Å². The van der Waals surface area contributed by atoms with Crippen molar-refractivity contribution in [1.29, 1.82) is 5.26 Å². The maximum absolute atomic E-state index is 11.0. The molecule has 1 aliphatic rings. The lowest BCUT2D eigenvalue weighted by molar-refractivity contribution is -0.385. The highest BCUT2D eigenvalue weighted by Gasteiger charge is 2.46. The highest BCUT2D eigenvalue weighted by molar-refractivity contribution is 5.48. The summed E-state index contributed by atoms with van der Waals surface area (Å²) < 4.78 is 5.66. The van der Waals surface area contributed by atoms with Crippen LogP contribution in [0.5, 0.6) is 5.75 Å². The van der Waals surface area contributed by atoms with Crippen LogP contribution in [-0.4, -0.2) is 23.6 Å². The van der Waals surface area contributed by atoms with Crippen LogP contribution in [0.25, 0.3) is 0 Å². The van der Waals surface area contributed by atoms with Crippen LogP contribution < -0.4 is 10.1 Å². The van der Waals surface area contributed by atoms with Crippen LogP contribution in [0.4, 0.5) is 5.69 Å². The first-order chi connectivity index (χ1) is 10.0. The minimum Gasteiger partial charge on any atom is -0.484 e. The molecule has 1 N–H and O–H groups in total. The average molecular weight is 289 g/mol. The van der Waals surface area contributed by atoms with Gasteiger partial charge in [-0.1, -0.05) is 13.0 Å². The molecule has 6 heteroatoms. The van der Waals surface area contributed by atoms with Crippen LogP contribution in [0.1, 0.15) is 25.3 Å². The normalized spacial score (nSPS) is 16.8. The summed E-state index contributed by atoms with van der Waals surface area (Å²) in [6, 6.07) is 7.05. The molecule has 0 bridgehead atoms.